The number of anilines is 3. The summed E-state index contributed by atoms with van der Waals surface area (Å²) in [5.41, 5.74) is 1.42. The maximum atomic E-state index is 11.6. The number of nitrogens with one attached hydrogen (secondary N) is 2. The summed E-state index contributed by atoms with van der Waals surface area (Å²) in [6.07, 6.45) is 8.91. The third-order valence-corrected chi connectivity index (χ3v) is 6.14. The zero-order valence-corrected chi connectivity index (χ0v) is 19.2. The summed E-state index contributed by atoms with van der Waals surface area (Å²) in [7, 11) is 0. The highest BCUT2D eigenvalue weighted by Crippen LogP contribution is 2.32. The maximum Gasteiger partial charge on any atom is 0.225 e. The molecular weight excluding hydrogens is 434 g/mol. The summed E-state index contributed by atoms with van der Waals surface area (Å²) in [5.74, 6) is 1.91. The fourth-order valence-corrected chi connectivity index (χ4v) is 4.44. The molecule has 1 saturated heterocycles. The van der Waals surface area contributed by atoms with Crippen molar-refractivity contribution >= 4 is 34.3 Å². The number of fused-ring (bicyclic) bond motifs is 1. The van der Waals surface area contributed by atoms with Crippen LogP contribution in [0.5, 0.6) is 5.88 Å². The van der Waals surface area contributed by atoms with Crippen LogP contribution in [0.15, 0.2) is 36.8 Å². The molecule has 3 aromatic heterocycles. The average Bonchev–Trinajstić information content (AvgIpc) is 2.86. The zero-order valence-electron chi connectivity index (χ0n) is 19.2. The molecule has 1 saturated carbocycles. The number of amides is 1. The van der Waals surface area contributed by atoms with E-state index in [1.165, 1.54) is 6.92 Å². The minimum atomic E-state index is -0.144. The molecule has 0 spiro atoms. The van der Waals surface area contributed by atoms with Crippen molar-refractivity contribution in [1.29, 1.82) is 0 Å². The molecule has 0 unspecified atom stereocenters. The summed E-state index contributed by atoms with van der Waals surface area (Å²) in [5, 5.41) is 7.01. The summed E-state index contributed by atoms with van der Waals surface area (Å²) < 4.78 is 12.0. The van der Waals surface area contributed by atoms with Crippen molar-refractivity contribution in [3.05, 3.63) is 36.8 Å². The minimum absolute atomic E-state index is 0.0507. The number of ether oxygens (including phenoxy) is 2. The number of nitrogens with zero attached hydrogens (tertiary/aromatic N) is 5. The third-order valence-electron chi connectivity index (χ3n) is 6.14. The van der Waals surface area contributed by atoms with E-state index in [9.17, 15) is 4.79 Å². The van der Waals surface area contributed by atoms with Crippen LogP contribution >= 0.6 is 0 Å². The molecule has 5 rings (SSSR count). The first-order valence-corrected chi connectivity index (χ1v) is 11.8. The first-order chi connectivity index (χ1) is 16.6. The SMILES string of the molecule is CC(=O)Nc1cnc2cc(N3CCOCC3)nc(O[C@H]3CC[C@@H](Nc4ncccn4)CC3)c2c1. The van der Waals surface area contributed by atoms with Gasteiger partial charge >= 0.3 is 0 Å². The monoisotopic (exact) mass is 463 g/mol. The highest BCUT2D eigenvalue weighted by molar-refractivity contribution is 5.93. The number of pyridine rings is 2. The predicted octanol–water partition coefficient (Wildman–Crippen LogP) is 3.02. The van der Waals surface area contributed by atoms with Gasteiger partial charge in [0.05, 0.1) is 36.0 Å². The molecule has 10 nitrogen and oxygen atoms in total. The van der Waals surface area contributed by atoms with E-state index in [0.29, 0.717) is 36.8 Å². The van der Waals surface area contributed by atoms with Crippen molar-refractivity contribution in [1.82, 2.24) is 19.9 Å². The zero-order chi connectivity index (χ0) is 23.3. The molecule has 2 aliphatic rings. The molecule has 0 radical (unpaired) electrons. The van der Waals surface area contributed by atoms with Gasteiger partial charge in [0.15, 0.2) is 0 Å². The summed E-state index contributed by atoms with van der Waals surface area (Å²) in [6.45, 7) is 4.38. The van der Waals surface area contributed by atoms with Gasteiger partial charge in [-0.05, 0) is 37.8 Å². The number of rotatable bonds is 6. The van der Waals surface area contributed by atoms with E-state index in [0.717, 1.165) is 55.5 Å². The van der Waals surface area contributed by atoms with Crippen LogP contribution in [0.1, 0.15) is 32.6 Å². The van der Waals surface area contributed by atoms with Crippen LogP contribution in [0, 0.1) is 0 Å². The topological polar surface area (TPSA) is 114 Å². The van der Waals surface area contributed by atoms with Crippen LogP contribution in [0.25, 0.3) is 10.9 Å². The molecule has 0 aromatic carbocycles. The number of morpholine rings is 1. The van der Waals surface area contributed by atoms with Crippen LogP contribution in [0.3, 0.4) is 0 Å². The quantitative estimate of drug-likeness (QED) is 0.569. The van der Waals surface area contributed by atoms with Crippen LogP contribution in [-0.4, -0.2) is 64.3 Å². The molecule has 2 fully saturated rings. The average molecular weight is 464 g/mol. The highest BCUT2D eigenvalue weighted by atomic mass is 16.5. The lowest BCUT2D eigenvalue weighted by molar-refractivity contribution is -0.114. The molecule has 1 aliphatic heterocycles. The Morgan fingerprint density at radius 1 is 1.09 bits per heavy atom. The van der Waals surface area contributed by atoms with Gasteiger partial charge in [-0.2, -0.15) is 4.98 Å². The van der Waals surface area contributed by atoms with E-state index in [1.807, 2.05) is 18.2 Å². The van der Waals surface area contributed by atoms with Crippen LogP contribution in [0.4, 0.5) is 17.5 Å². The van der Waals surface area contributed by atoms with Gasteiger partial charge in [0.25, 0.3) is 0 Å². The first kappa shape index (κ1) is 22.3. The molecule has 4 heterocycles. The van der Waals surface area contributed by atoms with E-state index in [4.69, 9.17) is 14.5 Å². The van der Waals surface area contributed by atoms with Gasteiger partial charge in [0.2, 0.25) is 17.7 Å². The number of hydrogen-bond acceptors (Lipinski definition) is 9. The number of hydrogen-bond donors (Lipinski definition) is 2. The Morgan fingerprint density at radius 3 is 2.59 bits per heavy atom. The van der Waals surface area contributed by atoms with Gasteiger partial charge in [-0.1, -0.05) is 0 Å². The van der Waals surface area contributed by atoms with Crippen LogP contribution < -0.4 is 20.3 Å². The van der Waals surface area contributed by atoms with Crippen LogP contribution in [-0.2, 0) is 9.53 Å². The molecule has 1 amide bonds. The van der Waals surface area contributed by atoms with Gasteiger partial charge in [0, 0.05) is 44.5 Å². The molecular formula is C24H29N7O3. The van der Waals surface area contributed by atoms with E-state index < -0.39 is 0 Å². The summed E-state index contributed by atoms with van der Waals surface area (Å²) >= 11 is 0. The highest BCUT2D eigenvalue weighted by Gasteiger charge is 2.25. The fourth-order valence-electron chi connectivity index (χ4n) is 4.44. The standard InChI is InChI=1S/C24H29N7O3/c1-16(32)28-18-13-20-21(27-15-18)14-22(31-9-11-33-12-10-31)30-23(20)34-19-5-3-17(4-6-19)29-24-25-7-2-8-26-24/h2,7-8,13-15,17,19H,3-6,9-12H2,1H3,(H,28,32)(H,25,26,29)/t17-,19+. The molecule has 0 atom stereocenters. The molecule has 3 aromatic rings. The summed E-state index contributed by atoms with van der Waals surface area (Å²) in [4.78, 5) is 31.7. The molecule has 10 heteroatoms. The van der Waals surface area contributed by atoms with Gasteiger partial charge in [0.1, 0.15) is 11.9 Å². The molecule has 178 valence electrons. The predicted molar refractivity (Wildman–Crippen MR) is 129 cm³/mol. The van der Waals surface area contributed by atoms with E-state index >= 15 is 0 Å². The molecule has 1 aliphatic carbocycles. The van der Waals surface area contributed by atoms with Gasteiger partial charge in [-0.15, -0.1) is 0 Å². The summed E-state index contributed by atoms with van der Waals surface area (Å²) in [6, 6.07) is 5.99. The Bertz CT molecular complexity index is 1130. The Labute approximate surface area is 198 Å². The maximum absolute atomic E-state index is 11.6. The molecule has 2 N–H and O–H groups in total. The van der Waals surface area contributed by atoms with Gasteiger partial charge < -0.3 is 25.0 Å². The Morgan fingerprint density at radius 2 is 1.85 bits per heavy atom. The van der Waals surface area contributed by atoms with E-state index in [1.54, 1.807) is 18.6 Å². The van der Waals surface area contributed by atoms with Crippen molar-refractivity contribution in [3.63, 3.8) is 0 Å². The molecule has 0 bridgehead atoms. The second kappa shape index (κ2) is 10.2. The number of carbonyl (C=O) groups is 1. The first-order valence-electron chi connectivity index (χ1n) is 11.8. The number of aromatic nitrogens is 4. The lowest BCUT2D eigenvalue weighted by Gasteiger charge is -2.31. The van der Waals surface area contributed by atoms with E-state index in [2.05, 4.69) is 30.5 Å². The lowest BCUT2D eigenvalue weighted by atomic mass is 9.93. The van der Waals surface area contributed by atoms with Crippen molar-refractivity contribution in [3.8, 4) is 5.88 Å². The van der Waals surface area contributed by atoms with Gasteiger partial charge in [-0.25, -0.2) is 9.97 Å². The fraction of sp³-hybridized carbons (Fsp3) is 0.458. The van der Waals surface area contributed by atoms with Crippen LogP contribution in [0.2, 0.25) is 0 Å². The lowest BCUT2D eigenvalue weighted by Crippen LogP contribution is -2.37. The molecule has 34 heavy (non-hydrogen) atoms. The normalized spacial score (nSPS) is 20.7. The largest absolute Gasteiger partial charge is 0.474 e. The van der Waals surface area contributed by atoms with Gasteiger partial charge in [-0.3, -0.25) is 9.78 Å². The van der Waals surface area contributed by atoms with Crippen molar-refractivity contribution in [2.75, 3.05) is 41.8 Å². The Kier molecular flexibility index (Phi) is 6.66. The van der Waals surface area contributed by atoms with E-state index in [-0.39, 0.29) is 12.0 Å². The third kappa shape index (κ3) is 5.33. The van der Waals surface area contributed by atoms with Crippen molar-refractivity contribution in [2.45, 2.75) is 44.8 Å². The van der Waals surface area contributed by atoms with Crippen molar-refractivity contribution < 1.29 is 14.3 Å². The smallest absolute Gasteiger partial charge is 0.225 e. The second-order valence-corrected chi connectivity index (χ2v) is 8.67. The Hall–Kier alpha value is -3.53. The second-order valence-electron chi connectivity index (χ2n) is 8.67. The van der Waals surface area contributed by atoms with Crippen molar-refractivity contribution in [2.24, 2.45) is 0 Å². The number of carbonyl (C=O) groups excluding carboxylic acids is 1. The Balaban J connectivity index is 1.35. The minimum Gasteiger partial charge on any atom is -0.474 e.